The summed E-state index contributed by atoms with van der Waals surface area (Å²) < 4.78 is 5.08. The molecular weight excluding hydrogens is 236 g/mol. The van der Waals surface area contributed by atoms with E-state index in [1.165, 1.54) is 11.3 Å². The third-order valence-electron chi connectivity index (χ3n) is 2.28. The lowest BCUT2D eigenvalue weighted by molar-refractivity contribution is 0.103. The van der Waals surface area contributed by atoms with Crippen LogP contribution in [0.1, 0.15) is 16.1 Å². The summed E-state index contributed by atoms with van der Waals surface area (Å²) in [6, 6.07) is 7.05. The van der Waals surface area contributed by atoms with Crippen molar-refractivity contribution in [1.82, 2.24) is 4.98 Å². The zero-order valence-electron chi connectivity index (χ0n) is 9.56. The molecule has 0 bridgehead atoms. The van der Waals surface area contributed by atoms with Gasteiger partial charge in [-0.3, -0.25) is 4.79 Å². The third kappa shape index (κ3) is 2.45. The standard InChI is InChI=1S/C12H12N2O2S/c1-13-12-14-10(7-17-12)11(15)8-4-3-5-9(6-8)16-2/h3-7H,1-2H3,(H,13,14). The van der Waals surface area contributed by atoms with Crippen LogP contribution in [0.2, 0.25) is 0 Å². The van der Waals surface area contributed by atoms with E-state index in [0.717, 1.165) is 5.13 Å². The van der Waals surface area contributed by atoms with Crippen LogP contribution < -0.4 is 10.1 Å². The summed E-state index contributed by atoms with van der Waals surface area (Å²) in [7, 11) is 3.35. The minimum absolute atomic E-state index is 0.0957. The maximum absolute atomic E-state index is 12.1. The molecule has 1 heterocycles. The first kappa shape index (κ1) is 11.6. The Morgan fingerprint density at radius 3 is 2.94 bits per heavy atom. The summed E-state index contributed by atoms with van der Waals surface area (Å²) in [5, 5.41) is 5.38. The third-order valence-corrected chi connectivity index (χ3v) is 3.14. The molecule has 1 aromatic heterocycles. The number of nitrogens with zero attached hydrogens (tertiary/aromatic N) is 1. The predicted octanol–water partition coefficient (Wildman–Crippen LogP) is 2.42. The quantitative estimate of drug-likeness (QED) is 0.844. The van der Waals surface area contributed by atoms with Crippen molar-refractivity contribution in [3.63, 3.8) is 0 Å². The maximum Gasteiger partial charge on any atom is 0.212 e. The van der Waals surface area contributed by atoms with Crippen molar-refractivity contribution in [1.29, 1.82) is 0 Å². The second-order valence-corrected chi connectivity index (χ2v) is 4.21. The zero-order chi connectivity index (χ0) is 12.3. The van der Waals surface area contributed by atoms with Gasteiger partial charge in [-0.15, -0.1) is 11.3 Å². The molecule has 2 rings (SSSR count). The molecule has 0 saturated heterocycles. The van der Waals surface area contributed by atoms with Crippen LogP contribution in [0.15, 0.2) is 29.6 Å². The van der Waals surface area contributed by atoms with Gasteiger partial charge in [0.1, 0.15) is 11.4 Å². The molecule has 0 radical (unpaired) electrons. The first-order valence-corrected chi connectivity index (χ1v) is 5.94. The Morgan fingerprint density at radius 1 is 1.47 bits per heavy atom. The van der Waals surface area contributed by atoms with Gasteiger partial charge in [-0.2, -0.15) is 0 Å². The van der Waals surface area contributed by atoms with Gasteiger partial charge >= 0.3 is 0 Å². The number of methoxy groups -OCH3 is 1. The molecular formula is C12H12N2O2S. The highest BCUT2D eigenvalue weighted by Gasteiger charge is 2.13. The molecule has 0 aliphatic carbocycles. The van der Waals surface area contributed by atoms with Crippen molar-refractivity contribution in [3.8, 4) is 5.75 Å². The van der Waals surface area contributed by atoms with Crippen LogP contribution >= 0.6 is 11.3 Å². The highest BCUT2D eigenvalue weighted by molar-refractivity contribution is 7.13. The van der Waals surface area contributed by atoms with Crippen LogP contribution in [0.25, 0.3) is 0 Å². The Bertz CT molecular complexity index is 537. The molecule has 0 aliphatic rings. The molecule has 1 N–H and O–H groups in total. The molecule has 1 aromatic carbocycles. The van der Waals surface area contributed by atoms with E-state index in [0.29, 0.717) is 17.0 Å². The number of benzene rings is 1. The smallest absolute Gasteiger partial charge is 0.212 e. The predicted molar refractivity (Wildman–Crippen MR) is 68.1 cm³/mol. The molecule has 0 fully saturated rings. The maximum atomic E-state index is 12.1. The molecule has 0 spiro atoms. The Balaban J connectivity index is 2.29. The number of hydrogen-bond donors (Lipinski definition) is 1. The lowest BCUT2D eigenvalue weighted by Crippen LogP contribution is -2.02. The van der Waals surface area contributed by atoms with Crippen LogP contribution in [0.3, 0.4) is 0 Å². The molecule has 0 atom stereocenters. The van der Waals surface area contributed by atoms with Gasteiger partial charge in [0.15, 0.2) is 5.13 Å². The summed E-state index contributed by atoms with van der Waals surface area (Å²) in [5.41, 5.74) is 1.03. The molecule has 4 nitrogen and oxygen atoms in total. The van der Waals surface area contributed by atoms with E-state index in [1.807, 2.05) is 0 Å². The Hall–Kier alpha value is -1.88. The second-order valence-electron chi connectivity index (χ2n) is 3.35. The average Bonchev–Trinajstić information content (AvgIpc) is 2.86. The molecule has 2 aromatic rings. The number of hydrogen-bond acceptors (Lipinski definition) is 5. The second kappa shape index (κ2) is 4.97. The van der Waals surface area contributed by atoms with Crippen molar-refractivity contribution in [2.75, 3.05) is 19.5 Å². The summed E-state index contributed by atoms with van der Waals surface area (Å²) in [6.07, 6.45) is 0. The number of anilines is 1. The first-order chi connectivity index (χ1) is 8.24. The number of carbonyl (C=O) groups is 1. The van der Waals surface area contributed by atoms with Gasteiger partial charge in [-0.05, 0) is 12.1 Å². The number of thiazole rings is 1. The van der Waals surface area contributed by atoms with Gasteiger partial charge in [-0.25, -0.2) is 4.98 Å². The normalized spacial score (nSPS) is 10.0. The summed E-state index contributed by atoms with van der Waals surface area (Å²) >= 11 is 1.41. The van der Waals surface area contributed by atoms with Crippen LogP contribution in [0.4, 0.5) is 5.13 Å². The van der Waals surface area contributed by atoms with E-state index in [4.69, 9.17) is 4.74 Å². The van der Waals surface area contributed by atoms with E-state index in [9.17, 15) is 4.79 Å². The monoisotopic (exact) mass is 248 g/mol. The highest BCUT2D eigenvalue weighted by atomic mass is 32.1. The number of ketones is 1. The molecule has 17 heavy (non-hydrogen) atoms. The fraction of sp³-hybridized carbons (Fsp3) is 0.167. The minimum Gasteiger partial charge on any atom is -0.497 e. The van der Waals surface area contributed by atoms with E-state index in [2.05, 4.69) is 10.3 Å². The SMILES string of the molecule is CNc1nc(C(=O)c2cccc(OC)c2)cs1. The first-order valence-electron chi connectivity index (χ1n) is 5.06. The van der Waals surface area contributed by atoms with Crippen molar-refractivity contribution >= 4 is 22.3 Å². The van der Waals surface area contributed by atoms with Crippen LogP contribution in [-0.4, -0.2) is 24.9 Å². The van der Waals surface area contributed by atoms with Gasteiger partial charge < -0.3 is 10.1 Å². The lowest BCUT2D eigenvalue weighted by Gasteiger charge is -2.01. The largest absolute Gasteiger partial charge is 0.497 e. The number of carbonyl (C=O) groups excluding carboxylic acids is 1. The minimum atomic E-state index is -0.0957. The molecule has 0 unspecified atom stereocenters. The molecule has 5 heteroatoms. The number of nitrogens with one attached hydrogen (secondary N) is 1. The van der Waals surface area contributed by atoms with E-state index >= 15 is 0 Å². The Kier molecular flexibility index (Phi) is 3.39. The Labute approximate surface area is 103 Å². The highest BCUT2D eigenvalue weighted by Crippen LogP contribution is 2.19. The number of rotatable bonds is 4. The topological polar surface area (TPSA) is 51.2 Å². The van der Waals surface area contributed by atoms with E-state index in [1.54, 1.807) is 43.8 Å². The van der Waals surface area contributed by atoms with Crippen molar-refractivity contribution in [2.45, 2.75) is 0 Å². The van der Waals surface area contributed by atoms with Crippen LogP contribution in [-0.2, 0) is 0 Å². The molecule has 0 saturated carbocycles. The number of aromatic nitrogens is 1. The van der Waals surface area contributed by atoms with Gasteiger partial charge in [-0.1, -0.05) is 12.1 Å². The lowest BCUT2D eigenvalue weighted by atomic mass is 10.1. The Morgan fingerprint density at radius 2 is 2.29 bits per heavy atom. The molecule has 88 valence electrons. The number of ether oxygens (including phenoxy) is 1. The van der Waals surface area contributed by atoms with Crippen LogP contribution in [0, 0.1) is 0 Å². The summed E-state index contributed by atoms with van der Waals surface area (Å²) in [4.78, 5) is 16.3. The van der Waals surface area contributed by atoms with Gasteiger partial charge in [0.05, 0.1) is 7.11 Å². The van der Waals surface area contributed by atoms with Crippen LogP contribution in [0.5, 0.6) is 5.75 Å². The van der Waals surface area contributed by atoms with Crippen molar-refractivity contribution < 1.29 is 9.53 Å². The van der Waals surface area contributed by atoms with E-state index in [-0.39, 0.29) is 5.78 Å². The zero-order valence-corrected chi connectivity index (χ0v) is 10.4. The molecule has 0 aliphatic heterocycles. The van der Waals surface area contributed by atoms with Gasteiger partial charge in [0.2, 0.25) is 5.78 Å². The average molecular weight is 248 g/mol. The summed E-state index contributed by atoms with van der Waals surface area (Å²) in [6.45, 7) is 0. The van der Waals surface area contributed by atoms with Crippen molar-refractivity contribution in [3.05, 3.63) is 40.9 Å². The van der Waals surface area contributed by atoms with E-state index < -0.39 is 0 Å². The van der Waals surface area contributed by atoms with Crippen molar-refractivity contribution in [2.24, 2.45) is 0 Å². The molecule has 0 amide bonds. The van der Waals surface area contributed by atoms with Gasteiger partial charge in [0, 0.05) is 18.0 Å². The summed E-state index contributed by atoms with van der Waals surface area (Å²) in [5.74, 6) is 0.571. The fourth-order valence-electron chi connectivity index (χ4n) is 1.41. The van der Waals surface area contributed by atoms with Gasteiger partial charge in [0.25, 0.3) is 0 Å². The fourth-order valence-corrected chi connectivity index (χ4v) is 2.06.